The van der Waals surface area contributed by atoms with Crippen LogP contribution in [0.4, 0.5) is 0 Å². The zero-order valence-corrected chi connectivity index (χ0v) is 33.0. The fourth-order valence-electron chi connectivity index (χ4n) is 6.38. The molecule has 3 aliphatic rings. The Hall–Kier alpha value is -0.636. The lowest BCUT2D eigenvalue weighted by Gasteiger charge is -2.53. The first-order valence-electron chi connectivity index (χ1n) is 17.6. The molecule has 0 aliphatic carbocycles. The van der Waals surface area contributed by atoms with Crippen molar-refractivity contribution in [2.75, 3.05) is 13.2 Å². The summed E-state index contributed by atoms with van der Waals surface area (Å²) in [6.07, 6.45) is 1.58. The monoisotopic (exact) mass is 685 g/mol. The molecule has 3 fully saturated rings. The van der Waals surface area contributed by atoms with E-state index in [1.807, 2.05) is 0 Å². The highest BCUT2D eigenvalue weighted by Crippen LogP contribution is 2.43. The minimum Gasteiger partial charge on any atom is -0.458 e. The van der Waals surface area contributed by atoms with Crippen LogP contribution >= 0.6 is 0 Å². The minimum atomic E-state index is -2.15. The maximum absolute atomic E-state index is 12.4. The number of ether oxygens (including phenoxy) is 4. The first-order chi connectivity index (χ1) is 21.1. The number of aliphatic hydroxyl groups excluding tert-OH is 1. The molecule has 268 valence electrons. The lowest BCUT2D eigenvalue weighted by Crippen LogP contribution is -2.68. The number of hydrogen-bond donors (Lipinski definition) is 2. The van der Waals surface area contributed by atoms with Gasteiger partial charge in [-0.1, -0.05) is 55.0 Å². The Kier molecular flexibility index (Phi) is 13.4. The van der Waals surface area contributed by atoms with Gasteiger partial charge in [-0.2, -0.15) is 0 Å². The summed E-state index contributed by atoms with van der Waals surface area (Å²) in [6, 6.07) is -0.579. The summed E-state index contributed by atoms with van der Waals surface area (Å²) < 4.78 is 39.7. The van der Waals surface area contributed by atoms with Gasteiger partial charge in [0.15, 0.2) is 16.6 Å². The lowest BCUT2D eigenvalue weighted by atomic mass is 9.81. The van der Waals surface area contributed by atoms with Gasteiger partial charge in [-0.3, -0.25) is 4.79 Å². The Bertz CT molecular complexity index is 1030. The average molecular weight is 686 g/mol. The van der Waals surface area contributed by atoms with Crippen LogP contribution in [-0.2, 0) is 32.6 Å². The second kappa shape index (κ2) is 15.5. The quantitative estimate of drug-likeness (QED) is 0.135. The van der Waals surface area contributed by atoms with Crippen molar-refractivity contribution in [3.05, 3.63) is 12.2 Å². The smallest absolute Gasteiger partial charge is 0.303 e. The van der Waals surface area contributed by atoms with Gasteiger partial charge in [0.1, 0.15) is 12.2 Å². The Morgan fingerprint density at radius 3 is 2.17 bits per heavy atom. The van der Waals surface area contributed by atoms with Crippen molar-refractivity contribution < 1.29 is 37.7 Å². The van der Waals surface area contributed by atoms with Crippen LogP contribution in [0.5, 0.6) is 0 Å². The summed E-state index contributed by atoms with van der Waals surface area (Å²) in [6.45, 7) is 31.2. The molecular formula is C35H67NO8Si2. The van der Waals surface area contributed by atoms with Gasteiger partial charge in [0.25, 0.3) is 0 Å². The van der Waals surface area contributed by atoms with Crippen LogP contribution in [0.25, 0.3) is 0 Å². The van der Waals surface area contributed by atoms with Crippen molar-refractivity contribution >= 4 is 22.6 Å². The number of rotatable bonds is 12. The third kappa shape index (κ3) is 9.75. The third-order valence-corrected chi connectivity index (χ3v) is 20.5. The maximum Gasteiger partial charge on any atom is 0.303 e. The van der Waals surface area contributed by atoms with E-state index in [2.05, 4.69) is 81.2 Å². The normalized spacial score (nSPS) is 34.7. The molecule has 3 aliphatic heterocycles. The summed E-state index contributed by atoms with van der Waals surface area (Å²) in [5.74, 6) is -0.131. The van der Waals surface area contributed by atoms with E-state index >= 15 is 0 Å². The molecule has 3 N–H and O–H groups in total. The van der Waals surface area contributed by atoms with E-state index < -0.39 is 47.0 Å². The van der Waals surface area contributed by atoms with E-state index in [1.54, 1.807) is 0 Å². The summed E-state index contributed by atoms with van der Waals surface area (Å²) >= 11 is 0. The minimum absolute atomic E-state index is 0.0285. The van der Waals surface area contributed by atoms with E-state index in [-0.39, 0.29) is 53.1 Å². The standard InChI is InChI=1S/C35H67NO8Si2/c1-22-19-25(15-14-17-37)41-27(23(22)2)20-29-32(40-24(3)38)31(36)33-30(42-29)21-28(44-46(12,13)35(7,8)9)26(43-33)16-18-39-45(10,11)34(4,5)6/h22,25-33,37H,2,14-21,36H2,1,3-13H3/t22-,25+,26?,27-,28?,29+,30+,31-,32+,33-/m1/s1. The van der Waals surface area contributed by atoms with Gasteiger partial charge in [-0.25, -0.2) is 0 Å². The molecule has 9 nitrogen and oxygen atoms in total. The number of aliphatic hydroxyl groups is 1. The largest absolute Gasteiger partial charge is 0.458 e. The van der Waals surface area contributed by atoms with Crippen molar-refractivity contribution in [2.45, 2.75) is 185 Å². The topological polar surface area (TPSA) is 119 Å². The average Bonchev–Trinajstić information content (AvgIpc) is 2.91. The van der Waals surface area contributed by atoms with E-state index in [9.17, 15) is 9.90 Å². The molecule has 0 amide bonds. The van der Waals surface area contributed by atoms with Crippen molar-refractivity contribution in [1.29, 1.82) is 0 Å². The molecule has 11 heteroatoms. The molecule has 3 saturated heterocycles. The highest BCUT2D eigenvalue weighted by molar-refractivity contribution is 6.74. The Labute approximate surface area is 281 Å². The number of nitrogens with two attached hydrogens (primary N) is 1. The second-order valence-corrected chi connectivity index (χ2v) is 26.7. The molecule has 0 aromatic carbocycles. The third-order valence-electron chi connectivity index (χ3n) is 11.4. The first kappa shape index (κ1) is 39.8. The molecule has 0 aromatic rings. The maximum atomic E-state index is 12.4. The second-order valence-electron chi connectivity index (χ2n) is 17.1. The van der Waals surface area contributed by atoms with Crippen molar-refractivity contribution in [3.63, 3.8) is 0 Å². The molecule has 0 aromatic heterocycles. The van der Waals surface area contributed by atoms with Gasteiger partial charge in [0, 0.05) is 33.0 Å². The van der Waals surface area contributed by atoms with Crippen molar-refractivity contribution in [3.8, 4) is 0 Å². The molecule has 3 rings (SSSR count). The van der Waals surface area contributed by atoms with Crippen LogP contribution in [0.3, 0.4) is 0 Å². The zero-order chi connectivity index (χ0) is 34.8. The summed E-state index contributed by atoms with van der Waals surface area (Å²) in [4.78, 5) is 12.4. The van der Waals surface area contributed by atoms with Gasteiger partial charge in [-0.15, -0.1) is 0 Å². The lowest BCUT2D eigenvalue weighted by molar-refractivity contribution is -0.258. The van der Waals surface area contributed by atoms with E-state index in [1.165, 1.54) is 6.92 Å². The fourth-order valence-corrected chi connectivity index (χ4v) is 8.80. The van der Waals surface area contributed by atoms with Crippen LogP contribution in [-0.4, -0.2) is 95.8 Å². The van der Waals surface area contributed by atoms with Gasteiger partial charge in [0.05, 0.1) is 42.7 Å². The predicted octanol–water partition coefficient (Wildman–Crippen LogP) is 6.49. The summed E-state index contributed by atoms with van der Waals surface area (Å²) in [7, 11) is -4.10. The molecule has 2 unspecified atom stereocenters. The van der Waals surface area contributed by atoms with Crippen molar-refractivity contribution in [1.82, 2.24) is 0 Å². The van der Waals surface area contributed by atoms with Gasteiger partial charge >= 0.3 is 5.97 Å². The molecule has 10 atom stereocenters. The molecule has 3 heterocycles. The number of hydrogen-bond acceptors (Lipinski definition) is 9. The van der Waals surface area contributed by atoms with E-state index in [4.69, 9.17) is 33.5 Å². The molecule has 0 saturated carbocycles. The van der Waals surface area contributed by atoms with Crippen LogP contribution in [0, 0.1) is 5.92 Å². The molecule has 0 radical (unpaired) electrons. The Balaban J connectivity index is 1.86. The molecule has 46 heavy (non-hydrogen) atoms. The van der Waals surface area contributed by atoms with Crippen molar-refractivity contribution in [2.24, 2.45) is 11.7 Å². The molecule has 0 bridgehead atoms. The number of carbonyl (C=O) groups is 1. The van der Waals surface area contributed by atoms with E-state index in [0.717, 1.165) is 18.4 Å². The van der Waals surface area contributed by atoms with Crippen LogP contribution in [0.15, 0.2) is 12.2 Å². The number of esters is 1. The number of carbonyl (C=O) groups excluding carboxylic acids is 1. The summed E-state index contributed by atoms with van der Waals surface area (Å²) in [5.41, 5.74) is 7.98. The molecular weight excluding hydrogens is 619 g/mol. The number of fused-ring (bicyclic) bond motifs is 1. The highest BCUT2D eigenvalue weighted by Gasteiger charge is 2.54. The van der Waals surface area contributed by atoms with Gasteiger partial charge < -0.3 is 38.6 Å². The SMILES string of the molecule is C=C1[C@H](C)C[C@H](CCCO)O[C@@H]1C[C@@H]1O[C@H]2CC(O[Si](C)(C)C(C)(C)C)C(CCO[Si](C)(C)C(C)(C)C)O[C@H]2[C@H](N)[C@H]1OC(C)=O. The van der Waals surface area contributed by atoms with Crippen LogP contribution in [0.1, 0.15) is 93.9 Å². The van der Waals surface area contributed by atoms with Crippen LogP contribution < -0.4 is 5.73 Å². The molecule has 0 spiro atoms. The Morgan fingerprint density at radius 1 is 0.978 bits per heavy atom. The highest BCUT2D eigenvalue weighted by atomic mass is 28.4. The summed E-state index contributed by atoms with van der Waals surface area (Å²) in [5, 5.41) is 9.53. The van der Waals surface area contributed by atoms with Gasteiger partial charge in [-0.05, 0) is 73.4 Å². The Morgan fingerprint density at radius 2 is 1.61 bits per heavy atom. The predicted molar refractivity (Wildman–Crippen MR) is 188 cm³/mol. The van der Waals surface area contributed by atoms with Crippen LogP contribution in [0.2, 0.25) is 36.3 Å². The fraction of sp³-hybridized carbons (Fsp3) is 0.914. The first-order valence-corrected chi connectivity index (χ1v) is 23.4. The zero-order valence-electron chi connectivity index (χ0n) is 31.0. The van der Waals surface area contributed by atoms with E-state index in [0.29, 0.717) is 32.3 Å². The van der Waals surface area contributed by atoms with Gasteiger partial charge in [0.2, 0.25) is 0 Å².